The van der Waals surface area contributed by atoms with Crippen molar-refractivity contribution < 1.29 is 0 Å². The van der Waals surface area contributed by atoms with Gasteiger partial charge in [-0.1, -0.05) is 0 Å². The standard InChI is InChI=1S/C8H6N2/c1-2-8(10-4-1)7-3-5-9-6-7/h1-5,10H. The van der Waals surface area contributed by atoms with Gasteiger partial charge in [-0.3, -0.25) is 4.99 Å². The van der Waals surface area contributed by atoms with Gasteiger partial charge in [0.15, 0.2) is 6.54 Å². The van der Waals surface area contributed by atoms with E-state index >= 15 is 0 Å². The zero-order chi connectivity index (χ0) is 6.81. The summed E-state index contributed by atoms with van der Waals surface area (Å²) in [5.41, 5.74) is 2.09. The number of rotatable bonds is 1. The lowest BCUT2D eigenvalue weighted by Gasteiger charge is -1.91. The van der Waals surface area contributed by atoms with E-state index in [0.29, 0.717) is 0 Å². The monoisotopic (exact) mass is 130 g/mol. The maximum Gasteiger partial charge on any atom is 0.152 e. The maximum atomic E-state index is 3.83. The summed E-state index contributed by atoms with van der Waals surface area (Å²) in [6, 6.07) is 3.95. The van der Waals surface area contributed by atoms with Crippen molar-refractivity contribution in [1.29, 1.82) is 0 Å². The molecular formula is C8H6N2. The van der Waals surface area contributed by atoms with E-state index in [1.807, 2.05) is 24.4 Å². The number of allylic oxidation sites excluding steroid dienone is 1. The molecular weight excluding hydrogens is 124 g/mol. The van der Waals surface area contributed by atoms with E-state index in [9.17, 15) is 0 Å². The van der Waals surface area contributed by atoms with Crippen molar-refractivity contribution in [1.82, 2.24) is 4.98 Å². The summed E-state index contributed by atoms with van der Waals surface area (Å²) in [5, 5.41) is 0. The molecule has 1 N–H and O–H groups in total. The van der Waals surface area contributed by atoms with Crippen LogP contribution in [0, 0.1) is 6.54 Å². The minimum absolute atomic E-state index is 1.02. The Morgan fingerprint density at radius 2 is 2.50 bits per heavy atom. The molecule has 2 rings (SSSR count). The van der Waals surface area contributed by atoms with Crippen molar-refractivity contribution in [3.8, 4) is 0 Å². The Bertz CT molecular complexity index is 267. The van der Waals surface area contributed by atoms with Gasteiger partial charge in [-0.2, -0.15) is 0 Å². The van der Waals surface area contributed by atoms with Crippen LogP contribution in [0.2, 0.25) is 0 Å². The molecule has 0 amide bonds. The van der Waals surface area contributed by atoms with Gasteiger partial charge in [-0.25, -0.2) is 0 Å². The number of H-pyrrole nitrogens is 1. The molecule has 1 aromatic heterocycles. The van der Waals surface area contributed by atoms with Crippen LogP contribution in [0.25, 0.3) is 5.57 Å². The third-order valence-corrected chi connectivity index (χ3v) is 1.39. The molecule has 0 saturated carbocycles. The Balaban J connectivity index is 2.30. The number of nitrogens with zero attached hydrogens (tertiary/aromatic N) is 1. The normalized spacial score (nSPS) is 15.8. The summed E-state index contributed by atoms with van der Waals surface area (Å²) < 4.78 is 0. The molecule has 48 valence electrons. The Kier molecular flexibility index (Phi) is 1.17. The van der Waals surface area contributed by atoms with Crippen LogP contribution in [0.5, 0.6) is 0 Å². The summed E-state index contributed by atoms with van der Waals surface area (Å²) >= 11 is 0. The minimum Gasteiger partial charge on any atom is -0.361 e. The van der Waals surface area contributed by atoms with Crippen LogP contribution in [0.3, 0.4) is 0 Å². The molecule has 10 heavy (non-hydrogen) atoms. The highest BCUT2D eigenvalue weighted by atomic mass is 14.8. The molecule has 0 unspecified atom stereocenters. The molecule has 2 radical (unpaired) electrons. The third-order valence-electron chi connectivity index (χ3n) is 1.39. The molecule has 0 aromatic carbocycles. The van der Waals surface area contributed by atoms with Crippen LogP contribution in [0.1, 0.15) is 5.69 Å². The van der Waals surface area contributed by atoms with E-state index in [2.05, 4.69) is 16.5 Å². The molecule has 0 spiro atoms. The highest BCUT2D eigenvalue weighted by Gasteiger charge is 2.04. The molecule has 0 aliphatic carbocycles. The Hall–Kier alpha value is -1.31. The molecule has 0 bridgehead atoms. The first-order valence-electron chi connectivity index (χ1n) is 3.10. The van der Waals surface area contributed by atoms with E-state index in [0.717, 1.165) is 11.3 Å². The molecule has 1 aromatic rings. The van der Waals surface area contributed by atoms with Crippen molar-refractivity contribution >= 4 is 11.8 Å². The number of nitrogens with one attached hydrogen (secondary N) is 1. The van der Waals surface area contributed by atoms with Crippen molar-refractivity contribution in [2.24, 2.45) is 4.99 Å². The van der Waals surface area contributed by atoms with Crippen molar-refractivity contribution in [2.75, 3.05) is 0 Å². The number of hydrogen-bond acceptors (Lipinski definition) is 1. The maximum absolute atomic E-state index is 3.83. The fraction of sp³-hybridized carbons (Fsp3) is 0. The largest absolute Gasteiger partial charge is 0.361 e. The highest BCUT2D eigenvalue weighted by molar-refractivity contribution is 5.91. The predicted octanol–water partition coefficient (Wildman–Crippen LogP) is 1.52. The summed E-state index contributed by atoms with van der Waals surface area (Å²) in [5.74, 6) is 0. The first kappa shape index (κ1) is 5.47. The van der Waals surface area contributed by atoms with E-state index < -0.39 is 0 Å². The Morgan fingerprint density at radius 1 is 1.50 bits per heavy atom. The predicted molar refractivity (Wildman–Crippen MR) is 40.5 cm³/mol. The van der Waals surface area contributed by atoms with Gasteiger partial charge in [0.1, 0.15) is 0 Å². The number of aromatic amines is 1. The molecule has 2 heterocycles. The Morgan fingerprint density at radius 3 is 3.10 bits per heavy atom. The highest BCUT2D eigenvalue weighted by Crippen LogP contribution is 2.17. The van der Waals surface area contributed by atoms with Crippen LogP contribution >= 0.6 is 0 Å². The summed E-state index contributed by atoms with van der Waals surface area (Å²) in [6.45, 7) is 2.86. The third kappa shape index (κ3) is 0.778. The minimum atomic E-state index is 1.02. The second-order valence-corrected chi connectivity index (χ2v) is 2.05. The molecule has 0 saturated heterocycles. The summed E-state index contributed by atoms with van der Waals surface area (Å²) in [4.78, 5) is 6.90. The fourth-order valence-electron chi connectivity index (χ4n) is 0.904. The van der Waals surface area contributed by atoms with Crippen LogP contribution in [-0.4, -0.2) is 11.2 Å². The van der Waals surface area contributed by atoms with Crippen LogP contribution < -0.4 is 0 Å². The lowest BCUT2D eigenvalue weighted by molar-refractivity contribution is 1.33. The van der Waals surface area contributed by atoms with Gasteiger partial charge in [0.25, 0.3) is 0 Å². The smallest absolute Gasteiger partial charge is 0.152 e. The van der Waals surface area contributed by atoms with Crippen LogP contribution in [0.15, 0.2) is 29.4 Å². The first-order valence-corrected chi connectivity index (χ1v) is 3.10. The van der Waals surface area contributed by atoms with Gasteiger partial charge in [-0.15, -0.1) is 0 Å². The summed E-state index contributed by atoms with van der Waals surface area (Å²) in [7, 11) is 0. The quantitative estimate of drug-likeness (QED) is 0.597. The van der Waals surface area contributed by atoms with E-state index in [4.69, 9.17) is 0 Å². The van der Waals surface area contributed by atoms with Gasteiger partial charge in [0, 0.05) is 23.7 Å². The number of hydrogen-bond donors (Lipinski definition) is 1. The zero-order valence-electron chi connectivity index (χ0n) is 5.33. The molecule has 0 fully saturated rings. The van der Waals surface area contributed by atoms with Crippen LogP contribution in [-0.2, 0) is 0 Å². The van der Waals surface area contributed by atoms with Crippen LogP contribution in [0.4, 0.5) is 0 Å². The van der Waals surface area contributed by atoms with E-state index in [1.54, 1.807) is 6.21 Å². The molecule has 2 heteroatoms. The van der Waals surface area contributed by atoms with Gasteiger partial charge in [0.2, 0.25) is 0 Å². The summed E-state index contributed by atoms with van der Waals surface area (Å²) in [6.07, 6.45) is 5.54. The average molecular weight is 130 g/mol. The van der Waals surface area contributed by atoms with Crippen molar-refractivity contribution in [2.45, 2.75) is 0 Å². The average Bonchev–Trinajstić information content (AvgIpc) is 2.59. The SMILES string of the molecule is [C]1N=CC=C1c1ccc[nH]1. The Labute approximate surface area is 59.3 Å². The van der Waals surface area contributed by atoms with Gasteiger partial charge in [-0.05, 0) is 18.2 Å². The van der Waals surface area contributed by atoms with E-state index in [-0.39, 0.29) is 0 Å². The number of aromatic nitrogens is 1. The fourth-order valence-corrected chi connectivity index (χ4v) is 0.904. The van der Waals surface area contributed by atoms with Gasteiger partial charge < -0.3 is 4.98 Å². The molecule has 0 atom stereocenters. The molecule has 2 nitrogen and oxygen atoms in total. The topological polar surface area (TPSA) is 28.1 Å². The van der Waals surface area contributed by atoms with E-state index in [1.165, 1.54) is 0 Å². The van der Waals surface area contributed by atoms with Crippen molar-refractivity contribution in [3.63, 3.8) is 0 Å². The van der Waals surface area contributed by atoms with Crippen molar-refractivity contribution in [3.05, 3.63) is 36.6 Å². The first-order chi connectivity index (χ1) is 4.97. The second-order valence-electron chi connectivity index (χ2n) is 2.05. The molecule has 1 aliphatic rings. The zero-order valence-corrected chi connectivity index (χ0v) is 5.33. The van der Waals surface area contributed by atoms with Gasteiger partial charge in [0.05, 0.1) is 0 Å². The number of aliphatic imine (C=N–C) groups is 1. The lowest BCUT2D eigenvalue weighted by atomic mass is 10.2. The lowest BCUT2D eigenvalue weighted by Crippen LogP contribution is -1.78. The van der Waals surface area contributed by atoms with Gasteiger partial charge >= 0.3 is 0 Å². The second kappa shape index (κ2) is 2.14. The molecule has 1 aliphatic heterocycles.